The van der Waals surface area contributed by atoms with Gasteiger partial charge < -0.3 is 4.74 Å². The highest BCUT2D eigenvalue weighted by atomic mass is 79.9. The van der Waals surface area contributed by atoms with E-state index in [0.29, 0.717) is 32.1 Å². The third-order valence-electron chi connectivity index (χ3n) is 3.12. The number of rotatable bonds is 9. The fourth-order valence-electron chi connectivity index (χ4n) is 1.85. The molecule has 0 spiro atoms. The molecule has 0 bridgehead atoms. The number of ketones is 1. The van der Waals surface area contributed by atoms with Crippen LogP contribution in [-0.2, 0) is 9.59 Å². The number of hydrogen-bond acceptors (Lipinski definition) is 3. The van der Waals surface area contributed by atoms with Crippen LogP contribution in [0.1, 0.15) is 38.5 Å². The van der Waals surface area contributed by atoms with Crippen molar-refractivity contribution >= 4 is 27.7 Å². The molecule has 0 atom stereocenters. The molecule has 0 amide bonds. The second-order valence-corrected chi connectivity index (χ2v) is 5.52. The Hall–Kier alpha value is -1.51. The predicted molar refractivity (Wildman–Crippen MR) is 78.4 cm³/mol. The zero-order valence-corrected chi connectivity index (χ0v) is 14.0. The van der Waals surface area contributed by atoms with E-state index in [-0.39, 0.29) is 17.5 Å². The van der Waals surface area contributed by atoms with Crippen LogP contribution in [0.3, 0.4) is 0 Å². The molecule has 1 rings (SSSR count). The first-order valence-electron chi connectivity index (χ1n) is 7.09. The molecule has 0 unspecified atom stereocenters. The summed E-state index contributed by atoms with van der Waals surface area (Å²) in [6.45, 7) is 0. The summed E-state index contributed by atoms with van der Waals surface area (Å²) in [6, 6.07) is 0. The number of carbonyl (C=O) groups excluding carboxylic acids is 2. The Balaban J connectivity index is 2.48. The van der Waals surface area contributed by atoms with Crippen LogP contribution in [0, 0.1) is 29.1 Å². The Kier molecular flexibility index (Phi) is 8.30. The molecule has 134 valence electrons. The van der Waals surface area contributed by atoms with Gasteiger partial charge in [0.25, 0.3) is 0 Å². The van der Waals surface area contributed by atoms with E-state index in [0.717, 1.165) is 0 Å². The number of benzene rings is 1. The number of carbonyl (C=O) groups is 2. The molecule has 0 saturated heterocycles. The second kappa shape index (κ2) is 9.71. The first-order chi connectivity index (χ1) is 11.3. The lowest BCUT2D eigenvalue weighted by Crippen LogP contribution is -2.13. The van der Waals surface area contributed by atoms with Crippen LogP contribution >= 0.6 is 15.9 Å². The van der Waals surface area contributed by atoms with E-state index >= 15 is 0 Å². The maximum atomic E-state index is 13.3. The summed E-state index contributed by atoms with van der Waals surface area (Å²) in [5.41, 5.74) is 0. The van der Waals surface area contributed by atoms with E-state index in [9.17, 15) is 31.5 Å². The molecule has 0 heterocycles. The van der Waals surface area contributed by atoms with Crippen molar-refractivity contribution in [2.75, 3.05) is 5.33 Å². The topological polar surface area (TPSA) is 43.4 Å². The molecule has 0 saturated carbocycles. The Morgan fingerprint density at radius 2 is 1.21 bits per heavy atom. The summed E-state index contributed by atoms with van der Waals surface area (Å²) in [7, 11) is 0. The van der Waals surface area contributed by atoms with Crippen molar-refractivity contribution in [3.05, 3.63) is 29.1 Å². The summed E-state index contributed by atoms with van der Waals surface area (Å²) >= 11 is 3.03. The van der Waals surface area contributed by atoms with Crippen LogP contribution in [0.5, 0.6) is 5.75 Å². The van der Waals surface area contributed by atoms with Gasteiger partial charge in [-0.2, -0.15) is 8.78 Å². The minimum Gasteiger partial charge on any atom is -0.420 e. The van der Waals surface area contributed by atoms with Crippen LogP contribution in [0.15, 0.2) is 0 Å². The highest BCUT2D eigenvalue weighted by molar-refractivity contribution is 9.09. The third-order valence-corrected chi connectivity index (χ3v) is 3.75. The molecule has 1 aromatic rings. The Labute approximate surface area is 143 Å². The highest BCUT2D eigenvalue weighted by Gasteiger charge is 2.28. The number of Topliss-reactive ketones (excluding diaryl/α,β-unsaturated/α-hetero) is 1. The van der Waals surface area contributed by atoms with Gasteiger partial charge in [0.05, 0.1) is 5.33 Å². The lowest BCUT2D eigenvalue weighted by atomic mass is 10.1. The fourth-order valence-corrected chi connectivity index (χ4v) is 2.13. The van der Waals surface area contributed by atoms with Crippen molar-refractivity contribution in [1.82, 2.24) is 0 Å². The SMILES string of the molecule is O=C(CBr)CCCCCCC(=O)Oc1c(F)c(F)c(F)c(F)c1F. The largest absolute Gasteiger partial charge is 0.420 e. The van der Waals surface area contributed by atoms with Crippen molar-refractivity contribution in [2.24, 2.45) is 0 Å². The standard InChI is InChI=1S/C15H14BrF5O3/c16-7-8(22)5-3-1-2-4-6-9(23)24-15-13(20)11(18)10(17)12(19)14(15)21/h1-7H2. The van der Waals surface area contributed by atoms with E-state index in [4.69, 9.17) is 0 Å². The number of alkyl halides is 1. The van der Waals surface area contributed by atoms with Crippen molar-refractivity contribution in [2.45, 2.75) is 38.5 Å². The van der Waals surface area contributed by atoms with Gasteiger partial charge in [-0.1, -0.05) is 28.8 Å². The maximum Gasteiger partial charge on any atom is 0.311 e. The third kappa shape index (κ3) is 5.54. The zero-order chi connectivity index (χ0) is 18.3. The first kappa shape index (κ1) is 20.5. The van der Waals surface area contributed by atoms with E-state index < -0.39 is 40.8 Å². The van der Waals surface area contributed by atoms with Gasteiger partial charge in [-0.15, -0.1) is 0 Å². The van der Waals surface area contributed by atoms with Gasteiger partial charge in [0, 0.05) is 12.8 Å². The van der Waals surface area contributed by atoms with Gasteiger partial charge in [-0.3, -0.25) is 9.59 Å². The molecule has 0 fully saturated rings. The van der Waals surface area contributed by atoms with E-state index in [1.54, 1.807) is 0 Å². The Morgan fingerprint density at radius 3 is 1.71 bits per heavy atom. The highest BCUT2D eigenvalue weighted by Crippen LogP contribution is 2.29. The maximum absolute atomic E-state index is 13.3. The molecule has 0 aliphatic rings. The Bertz CT molecular complexity index is 593. The molecule has 0 aromatic heterocycles. The molecule has 0 aliphatic carbocycles. The van der Waals surface area contributed by atoms with Gasteiger partial charge in [0.2, 0.25) is 34.8 Å². The minimum atomic E-state index is -2.32. The Morgan fingerprint density at radius 1 is 0.750 bits per heavy atom. The van der Waals surface area contributed by atoms with Crippen molar-refractivity contribution in [1.29, 1.82) is 0 Å². The van der Waals surface area contributed by atoms with Crippen LogP contribution in [-0.4, -0.2) is 17.1 Å². The number of halogens is 6. The quantitative estimate of drug-likeness (QED) is 0.112. The second-order valence-electron chi connectivity index (χ2n) is 4.96. The van der Waals surface area contributed by atoms with Gasteiger partial charge in [-0.05, 0) is 12.8 Å². The van der Waals surface area contributed by atoms with Crippen LogP contribution in [0.4, 0.5) is 22.0 Å². The molecule has 0 aliphatic heterocycles. The van der Waals surface area contributed by atoms with E-state index in [1.807, 2.05) is 0 Å². The molecule has 1 aromatic carbocycles. The fraction of sp³-hybridized carbons (Fsp3) is 0.467. The number of unbranched alkanes of at least 4 members (excludes halogenated alkanes) is 3. The van der Waals surface area contributed by atoms with Crippen LogP contribution in [0.2, 0.25) is 0 Å². The first-order valence-corrected chi connectivity index (χ1v) is 8.21. The molecular weight excluding hydrogens is 403 g/mol. The summed E-state index contributed by atoms with van der Waals surface area (Å²) in [5.74, 6) is -13.7. The summed E-state index contributed by atoms with van der Waals surface area (Å²) in [6.07, 6.45) is 2.32. The van der Waals surface area contributed by atoms with Gasteiger partial charge in [0.1, 0.15) is 5.78 Å². The molecule has 3 nitrogen and oxygen atoms in total. The van der Waals surface area contributed by atoms with Crippen LogP contribution < -0.4 is 4.74 Å². The lowest BCUT2D eigenvalue weighted by Gasteiger charge is -2.08. The van der Waals surface area contributed by atoms with Crippen molar-refractivity contribution < 1.29 is 36.3 Å². The van der Waals surface area contributed by atoms with Crippen molar-refractivity contribution in [3.8, 4) is 5.75 Å². The molecule has 24 heavy (non-hydrogen) atoms. The normalized spacial score (nSPS) is 10.8. The van der Waals surface area contributed by atoms with Gasteiger partial charge >= 0.3 is 5.97 Å². The minimum absolute atomic E-state index is 0.0562. The monoisotopic (exact) mass is 416 g/mol. The lowest BCUT2D eigenvalue weighted by molar-refractivity contribution is -0.135. The average Bonchev–Trinajstić information content (AvgIpc) is 2.57. The molecule has 0 N–H and O–H groups in total. The van der Waals surface area contributed by atoms with Gasteiger partial charge in [0.15, 0.2) is 0 Å². The summed E-state index contributed by atoms with van der Waals surface area (Å²) in [4.78, 5) is 22.5. The van der Waals surface area contributed by atoms with Gasteiger partial charge in [-0.25, -0.2) is 13.2 Å². The molecular formula is C15H14BrF5O3. The summed E-state index contributed by atoms with van der Waals surface area (Å²) in [5, 5.41) is 0.279. The number of esters is 1. The zero-order valence-electron chi connectivity index (χ0n) is 12.4. The average molecular weight is 417 g/mol. The van der Waals surface area contributed by atoms with Crippen LogP contribution in [0.25, 0.3) is 0 Å². The smallest absolute Gasteiger partial charge is 0.311 e. The number of hydrogen-bond donors (Lipinski definition) is 0. The number of ether oxygens (including phenoxy) is 1. The van der Waals surface area contributed by atoms with E-state index in [2.05, 4.69) is 20.7 Å². The molecule has 9 heteroatoms. The van der Waals surface area contributed by atoms with Crippen molar-refractivity contribution in [3.63, 3.8) is 0 Å². The predicted octanol–water partition coefficient (Wildman–Crippen LogP) is 4.59. The van der Waals surface area contributed by atoms with E-state index in [1.165, 1.54) is 0 Å². The molecule has 0 radical (unpaired) electrons. The summed E-state index contributed by atoms with van der Waals surface area (Å²) < 4.78 is 69.7.